The molecule has 0 saturated heterocycles. The summed E-state index contributed by atoms with van der Waals surface area (Å²) in [6.07, 6.45) is 1.67. The molecular weight excluding hydrogens is 524 g/mol. The lowest BCUT2D eigenvalue weighted by atomic mass is 9.93. The highest BCUT2D eigenvalue weighted by Gasteiger charge is 2.40. The van der Waals surface area contributed by atoms with Crippen LogP contribution >= 0.6 is 23.4 Å². The topological polar surface area (TPSA) is 96.2 Å². The molecule has 3 aromatic rings. The molecule has 0 radical (unpaired) electrons. The average molecular weight is 549 g/mol. The number of nitrogens with zero attached hydrogens (tertiary/aromatic N) is 2. The molecule has 0 saturated carbocycles. The number of amides is 2. The van der Waals surface area contributed by atoms with E-state index in [2.05, 4.69) is 10.6 Å². The molecule has 1 atom stereocenters. The van der Waals surface area contributed by atoms with Crippen LogP contribution in [0.4, 0.5) is 5.69 Å². The third-order valence-corrected chi connectivity index (χ3v) is 7.26. The fraction of sp³-hybridized carbons (Fsp3) is 0.179. The summed E-state index contributed by atoms with van der Waals surface area (Å²) in [4.78, 5) is 33.2. The number of hydrogen-bond donors (Lipinski definition) is 2. The molecule has 10 heteroatoms. The molecule has 38 heavy (non-hydrogen) atoms. The van der Waals surface area contributed by atoms with Crippen molar-refractivity contribution in [2.75, 3.05) is 12.4 Å². The number of thioether (sulfide) groups is 1. The molecule has 3 heterocycles. The van der Waals surface area contributed by atoms with Gasteiger partial charge in [-0.05, 0) is 66.4 Å². The zero-order valence-corrected chi connectivity index (χ0v) is 22.3. The number of hydrogen-bond acceptors (Lipinski definition) is 7. The van der Waals surface area contributed by atoms with E-state index in [9.17, 15) is 9.59 Å². The number of carbonyl (C=O) groups is 2. The molecular formula is C28H25ClN4O4S. The summed E-state index contributed by atoms with van der Waals surface area (Å²) in [7, 11) is 1.59. The van der Waals surface area contributed by atoms with Gasteiger partial charge in [0.25, 0.3) is 5.91 Å². The average Bonchev–Trinajstić information content (AvgIpc) is 3.57. The quantitative estimate of drug-likeness (QED) is 0.366. The lowest BCUT2D eigenvalue weighted by Crippen LogP contribution is -2.38. The van der Waals surface area contributed by atoms with Gasteiger partial charge in [-0.3, -0.25) is 9.59 Å². The van der Waals surface area contributed by atoms with Crippen molar-refractivity contribution in [3.8, 4) is 5.75 Å². The van der Waals surface area contributed by atoms with Gasteiger partial charge in [-0.15, -0.1) is 0 Å². The number of ether oxygens (including phenoxy) is 1. The fourth-order valence-electron chi connectivity index (χ4n) is 4.35. The molecule has 0 unspecified atom stereocenters. The lowest BCUT2D eigenvalue weighted by Gasteiger charge is -2.36. The van der Waals surface area contributed by atoms with Gasteiger partial charge in [-0.25, -0.2) is 4.99 Å². The Morgan fingerprint density at radius 3 is 2.68 bits per heavy atom. The van der Waals surface area contributed by atoms with Crippen LogP contribution < -0.4 is 15.4 Å². The van der Waals surface area contributed by atoms with Crippen LogP contribution in [0.1, 0.15) is 30.7 Å². The van der Waals surface area contributed by atoms with E-state index in [-0.39, 0.29) is 18.2 Å². The molecule has 2 aromatic carbocycles. The molecule has 2 aliphatic rings. The van der Waals surface area contributed by atoms with Gasteiger partial charge < -0.3 is 24.7 Å². The first-order chi connectivity index (χ1) is 18.4. The number of benzene rings is 2. The lowest BCUT2D eigenvalue weighted by molar-refractivity contribution is -0.120. The second kappa shape index (κ2) is 11.2. The number of amidine groups is 1. The van der Waals surface area contributed by atoms with Crippen molar-refractivity contribution < 1.29 is 18.7 Å². The van der Waals surface area contributed by atoms with Gasteiger partial charge in [-0.2, -0.15) is 0 Å². The van der Waals surface area contributed by atoms with Crippen LogP contribution in [0, 0.1) is 0 Å². The molecule has 2 N–H and O–H groups in total. The Kier molecular flexibility index (Phi) is 7.57. The van der Waals surface area contributed by atoms with Gasteiger partial charge in [-0.1, -0.05) is 35.5 Å². The Morgan fingerprint density at radius 2 is 1.97 bits per heavy atom. The molecule has 0 spiro atoms. The Balaban J connectivity index is 1.44. The minimum atomic E-state index is -0.529. The Bertz CT molecular complexity index is 1450. The zero-order valence-electron chi connectivity index (χ0n) is 20.7. The predicted molar refractivity (Wildman–Crippen MR) is 149 cm³/mol. The number of aliphatic imine (C=N–C) groups is 1. The summed E-state index contributed by atoms with van der Waals surface area (Å²) in [5.74, 6) is 0.895. The molecule has 0 aliphatic carbocycles. The highest BCUT2D eigenvalue weighted by molar-refractivity contribution is 8.16. The number of fused-ring (bicyclic) bond motifs is 1. The maximum absolute atomic E-state index is 13.7. The van der Waals surface area contributed by atoms with Crippen LogP contribution in [-0.4, -0.2) is 29.0 Å². The van der Waals surface area contributed by atoms with Crippen molar-refractivity contribution in [2.45, 2.75) is 25.9 Å². The second-order valence-electron chi connectivity index (χ2n) is 8.66. The molecule has 1 aromatic heterocycles. The first kappa shape index (κ1) is 25.7. The van der Waals surface area contributed by atoms with Crippen LogP contribution in [0.2, 0.25) is 5.02 Å². The minimum absolute atomic E-state index is 0.107. The summed E-state index contributed by atoms with van der Waals surface area (Å²) in [5.41, 5.74) is 3.24. The van der Waals surface area contributed by atoms with Gasteiger partial charge in [0, 0.05) is 16.4 Å². The van der Waals surface area contributed by atoms with Crippen LogP contribution in [0.5, 0.6) is 5.75 Å². The fourth-order valence-corrected chi connectivity index (χ4v) is 5.51. The molecule has 8 nitrogen and oxygen atoms in total. The van der Waals surface area contributed by atoms with Gasteiger partial charge in [0.15, 0.2) is 5.17 Å². The first-order valence-electron chi connectivity index (χ1n) is 11.9. The Hall–Kier alpha value is -3.95. The highest BCUT2D eigenvalue weighted by Crippen LogP contribution is 2.45. The Morgan fingerprint density at radius 1 is 1.16 bits per heavy atom. The van der Waals surface area contributed by atoms with E-state index in [1.54, 1.807) is 55.8 Å². The van der Waals surface area contributed by atoms with Crippen LogP contribution in [0.3, 0.4) is 0 Å². The van der Waals surface area contributed by atoms with E-state index in [0.717, 1.165) is 11.3 Å². The first-order valence-corrected chi connectivity index (χ1v) is 13.1. The molecule has 0 bridgehead atoms. The second-order valence-corrected chi connectivity index (χ2v) is 9.94. The van der Waals surface area contributed by atoms with E-state index in [1.807, 2.05) is 35.4 Å². The summed E-state index contributed by atoms with van der Waals surface area (Å²) >= 11 is 7.79. The van der Waals surface area contributed by atoms with Crippen molar-refractivity contribution in [3.63, 3.8) is 0 Å². The molecule has 2 amide bonds. The number of methoxy groups -OCH3 is 1. The summed E-state index contributed by atoms with van der Waals surface area (Å²) < 4.78 is 10.5. The van der Waals surface area contributed by atoms with E-state index in [0.29, 0.717) is 45.2 Å². The maximum atomic E-state index is 13.7. The van der Waals surface area contributed by atoms with Crippen molar-refractivity contribution >= 4 is 46.0 Å². The SMILES string of the molecule is COc1ccc(NC(=O)C2=C(C)N=C3SC=C(CC(=O)NCc4ccco4)N3[C@H]2c2cccc(Cl)c2)cc1. The number of furan rings is 1. The third kappa shape index (κ3) is 5.49. The Labute approximate surface area is 229 Å². The molecule has 0 fully saturated rings. The largest absolute Gasteiger partial charge is 0.497 e. The number of allylic oxidation sites excluding steroid dienone is 1. The number of rotatable bonds is 8. The zero-order chi connectivity index (χ0) is 26.6. The van der Waals surface area contributed by atoms with E-state index < -0.39 is 6.04 Å². The number of carbonyl (C=O) groups excluding carboxylic acids is 2. The third-order valence-electron chi connectivity index (χ3n) is 6.14. The van der Waals surface area contributed by atoms with Gasteiger partial charge in [0.05, 0.1) is 43.7 Å². The normalized spacial score (nSPS) is 16.5. The molecule has 5 rings (SSSR count). The highest BCUT2D eigenvalue weighted by atomic mass is 35.5. The summed E-state index contributed by atoms with van der Waals surface area (Å²) in [5, 5.41) is 9.01. The van der Waals surface area contributed by atoms with Gasteiger partial charge >= 0.3 is 0 Å². The van der Waals surface area contributed by atoms with Gasteiger partial charge in [0.1, 0.15) is 11.5 Å². The molecule has 194 valence electrons. The minimum Gasteiger partial charge on any atom is -0.497 e. The molecule has 2 aliphatic heterocycles. The van der Waals surface area contributed by atoms with Crippen LogP contribution in [-0.2, 0) is 16.1 Å². The van der Waals surface area contributed by atoms with Crippen LogP contribution in [0.15, 0.2) is 98.7 Å². The number of nitrogens with one attached hydrogen (secondary N) is 2. The van der Waals surface area contributed by atoms with Crippen molar-refractivity contribution in [3.05, 3.63) is 106 Å². The summed E-state index contributed by atoms with van der Waals surface area (Å²) in [6, 6.07) is 17.5. The summed E-state index contributed by atoms with van der Waals surface area (Å²) in [6.45, 7) is 2.11. The number of halogens is 1. The van der Waals surface area contributed by atoms with Crippen molar-refractivity contribution in [1.82, 2.24) is 10.2 Å². The maximum Gasteiger partial charge on any atom is 0.255 e. The number of anilines is 1. The smallest absolute Gasteiger partial charge is 0.255 e. The van der Waals surface area contributed by atoms with Crippen molar-refractivity contribution in [1.29, 1.82) is 0 Å². The monoisotopic (exact) mass is 548 g/mol. The van der Waals surface area contributed by atoms with Crippen molar-refractivity contribution in [2.24, 2.45) is 4.99 Å². The van der Waals surface area contributed by atoms with E-state index in [1.165, 1.54) is 11.8 Å². The standard InChI is InChI=1S/C28H25ClN4O4S/c1-17-25(27(35)32-20-8-10-22(36-2)11-9-20)26(18-5-3-6-19(29)13-18)33-21(16-38-28(33)31-17)14-24(34)30-15-23-7-4-12-37-23/h3-13,16,26H,14-15H2,1-2H3,(H,30,34)(H,32,35)/t26-/m0/s1. The van der Waals surface area contributed by atoms with Crippen LogP contribution in [0.25, 0.3) is 0 Å². The van der Waals surface area contributed by atoms with E-state index >= 15 is 0 Å². The van der Waals surface area contributed by atoms with E-state index in [4.69, 9.17) is 25.7 Å². The predicted octanol–water partition coefficient (Wildman–Crippen LogP) is 5.86. The van der Waals surface area contributed by atoms with Gasteiger partial charge in [0.2, 0.25) is 5.91 Å².